The van der Waals surface area contributed by atoms with Gasteiger partial charge in [-0.15, -0.1) is 11.6 Å². The molecule has 0 saturated carbocycles. The number of benzene rings is 2. The Morgan fingerprint density at radius 2 is 1.77 bits per heavy atom. The van der Waals surface area contributed by atoms with Crippen LogP contribution >= 0.6 is 11.6 Å². The SMILES string of the molecule is Fc1ccc2ccc(CCl)cc2c1. The molecule has 0 N–H and O–H groups in total. The maximum Gasteiger partial charge on any atom is 0.123 e. The van der Waals surface area contributed by atoms with Crippen LogP contribution in [-0.4, -0.2) is 0 Å². The Morgan fingerprint density at radius 3 is 2.54 bits per heavy atom. The molecule has 13 heavy (non-hydrogen) atoms. The van der Waals surface area contributed by atoms with Crippen LogP contribution in [0.15, 0.2) is 36.4 Å². The molecule has 2 rings (SSSR count). The zero-order valence-corrected chi connectivity index (χ0v) is 7.68. The first-order chi connectivity index (χ1) is 6.29. The molecule has 0 bridgehead atoms. The average molecular weight is 195 g/mol. The number of halogens is 2. The quantitative estimate of drug-likeness (QED) is 0.607. The number of hydrogen-bond acceptors (Lipinski definition) is 0. The molecule has 0 nitrogen and oxygen atoms in total. The summed E-state index contributed by atoms with van der Waals surface area (Å²) in [5.41, 5.74) is 1.01. The monoisotopic (exact) mass is 194 g/mol. The summed E-state index contributed by atoms with van der Waals surface area (Å²) >= 11 is 5.67. The third-order valence-electron chi connectivity index (χ3n) is 2.02. The van der Waals surface area contributed by atoms with E-state index in [2.05, 4.69) is 0 Å². The largest absolute Gasteiger partial charge is 0.207 e. The molecule has 0 amide bonds. The van der Waals surface area contributed by atoms with Gasteiger partial charge in [0.05, 0.1) is 0 Å². The van der Waals surface area contributed by atoms with Gasteiger partial charge in [-0.2, -0.15) is 0 Å². The molecule has 2 aromatic carbocycles. The number of alkyl halides is 1. The Labute approximate surface area is 80.9 Å². The molecule has 2 heteroatoms. The lowest BCUT2D eigenvalue weighted by Gasteiger charge is -2.00. The van der Waals surface area contributed by atoms with Crippen molar-refractivity contribution in [1.29, 1.82) is 0 Å². The number of hydrogen-bond donors (Lipinski definition) is 0. The van der Waals surface area contributed by atoms with Gasteiger partial charge in [0.2, 0.25) is 0 Å². The van der Waals surface area contributed by atoms with E-state index in [1.54, 1.807) is 6.07 Å². The van der Waals surface area contributed by atoms with Crippen molar-refractivity contribution >= 4 is 22.4 Å². The van der Waals surface area contributed by atoms with Crippen LogP contribution in [0, 0.1) is 5.82 Å². The minimum Gasteiger partial charge on any atom is -0.207 e. The Balaban J connectivity index is 2.68. The lowest BCUT2D eigenvalue weighted by molar-refractivity contribution is 0.630. The molecule has 0 saturated heterocycles. The summed E-state index contributed by atoms with van der Waals surface area (Å²) in [4.78, 5) is 0. The van der Waals surface area contributed by atoms with Gasteiger partial charge >= 0.3 is 0 Å². The van der Waals surface area contributed by atoms with Crippen LogP contribution in [0.1, 0.15) is 5.56 Å². The van der Waals surface area contributed by atoms with E-state index in [4.69, 9.17) is 11.6 Å². The molecule has 2 aromatic rings. The van der Waals surface area contributed by atoms with Gasteiger partial charge in [-0.3, -0.25) is 0 Å². The molecule has 0 aromatic heterocycles. The van der Waals surface area contributed by atoms with E-state index < -0.39 is 0 Å². The second-order valence-corrected chi connectivity index (χ2v) is 3.23. The van der Waals surface area contributed by atoms with Gasteiger partial charge < -0.3 is 0 Å². The highest BCUT2D eigenvalue weighted by molar-refractivity contribution is 6.17. The van der Waals surface area contributed by atoms with Crippen LogP contribution in [0.5, 0.6) is 0 Å². The van der Waals surface area contributed by atoms with Gasteiger partial charge in [0, 0.05) is 5.88 Å². The summed E-state index contributed by atoms with van der Waals surface area (Å²) in [6.07, 6.45) is 0. The molecule has 0 unspecified atom stereocenters. The van der Waals surface area contributed by atoms with Crippen LogP contribution in [0.25, 0.3) is 10.8 Å². The molecule has 0 spiro atoms. The molecular weight excluding hydrogens is 187 g/mol. The highest BCUT2D eigenvalue weighted by Crippen LogP contribution is 2.18. The maximum atomic E-state index is 12.8. The van der Waals surface area contributed by atoms with Gasteiger partial charge in [0.15, 0.2) is 0 Å². The molecule has 0 fully saturated rings. The third kappa shape index (κ3) is 1.65. The Kier molecular flexibility index (Phi) is 2.19. The molecule has 66 valence electrons. The van der Waals surface area contributed by atoms with E-state index in [9.17, 15) is 4.39 Å². The molecule has 0 aliphatic carbocycles. The van der Waals surface area contributed by atoms with Gasteiger partial charge in [-0.25, -0.2) is 4.39 Å². The van der Waals surface area contributed by atoms with E-state index >= 15 is 0 Å². The van der Waals surface area contributed by atoms with Crippen molar-refractivity contribution in [3.8, 4) is 0 Å². The van der Waals surface area contributed by atoms with E-state index in [1.165, 1.54) is 12.1 Å². The summed E-state index contributed by atoms with van der Waals surface area (Å²) < 4.78 is 12.8. The molecule has 0 aliphatic rings. The third-order valence-corrected chi connectivity index (χ3v) is 2.33. The Hall–Kier alpha value is -1.08. The molecule has 0 aliphatic heterocycles. The fourth-order valence-corrected chi connectivity index (χ4v) is 1.52. The van der Waals surface area contributed by atoms with Crippen molar-refractivity contribution in [2.45, 2.75) is 5.88 Å². The fraction of sp³-hybridized carbons (Fsp3) is 0.0909. The van der Waals surface area contributed by atoms with Crippen molar-refractivity contribution in [3.63, 3.8) is 0 Å². The van der Waals surface area contributed by atoms with Gasteiger partial charge in [-0.1, -0.05) is 18.2 Å². The Bertz CT molecular complexity index is 437. The van der Waals surface area contributed by atoms with Gasteiger partial charge in [0.25, 0.3) is 0 Å². The first-order valence-corrected chi connectivity index (χ1v) is 4.57. The molecule has 0 atom stereocenters. The second-order valence-electron chi connectivity index (χ2n) is 2.96. The first-order valence-electron chi connectivity index (χ1n) is 4.04. The van der Waals surface area contributed by atoms with Crippen molar-refractivity contribution in [1.82, 2.24) is 0 Å². The van der Waals surface area contributed by atoms with E-state index in [1.807, 2.05) is 18.2 Å². The highest BCUT2D eigenvalue weighted by atomic mass is 35.5. The van der Waals surface area contributed by atoms with Crippen LogP contribution in [0.2, 0.25) is 0 Å². The van der Waals surface area contributed by atoms with Crippen molar-refractivity contribution < 1.29 is 4.39 Å². The summed E-state index contributed by atoms with van der Waals surface area (Å²) in [6.45, 7) is 0. The smallest absolute Gasteiger partial charge is 0.123 e. The summed E-state index contributed by atoms with van der Waals surface area (Å²) in [5, 5.41) is 1.94. The van der Waals surface area contributed by atoms with Crippen molar-refractivity contribution in [2.24, 2.45) is 0 Å². The summed E-state index contributed by atoms with van der Waals surface area (Å²) in [6, 6.07) is 10.6. The van der Waals surface area contributed by atoms with Crippen molar-refractivity contribution in [3.05, 3.63) is 47.8 Å². The zero-order valence-electron chi connectivity index (χ0n) is 6.93. The molecule has 0 radical (unpaired) electrons. The van der Waals surface area contributed by atoms with Gasteiger partial charge in [-0.05, 0) is 34.5 Å². The van der Waals surface area contributed by atoms with Crippen LogP contribution < -0.4 is 0 Å². The average Bonchev–Trinajstić information content (AvgIpc) is 2.16. The van der Waals surface area contributed by atoms with E-state index in [0.717, 1.165) is 16.3 Å². The Morgan fingerprint density at radius 1 is 1.00 bits per heavy atom. The highest BCUT2D eigenvalue weighted by Gasteiger charge is 1.96. The summed E-state index contributed by atoms with van der Waals surface area (Å²) in [5.74, 6) is 0.256. The van der Waals surface area contributed by atoms with Crippen LogP contribution in [0.4, 0.5) is 4.39 Å². The van der Waals surface area contributed by atoms with Crippen molar-refractivity contribution in [2.75, 3.05) is 0 Å². The predicted molar refractivity (Wildman–Crippen MR) is 53.5 cm³/mol. The normalized spacial score (nSPS) is 10.6. The minimum atomic E-state index is -0.209. The molecule has 0 heterocycles. The maximum absolute atomic E-state index is 12.8. The minimum absolute atomic E-state index is 0.209. The van der Waals surface area contributed by atoms with Crippen LogP contribution in [0.3, 0.4) is 0 Å². The second kappa shape index (κ2) is 3.35. The zero-order chi connectivity index (χ0) is 9.26. The topological polar surface area (TPSA) is 0 Å². The number of fused-ring (bicyclic) bond motifs is 1. The standard InChI is InChI=1S/C11H8ClF/c12-7-8-1-2-9-3-4-11(13)6-10(9)5-8/h1-6H,7H2. The van der Waals surface area contributed by atoms with Gasteiger partial charge in [0.1, 0.15) is 5.82 Å². The van der Waals surface area contributed by atoms with E-state index in [0.29, 0.717) is 5.88 Å². The summed E-state index contributed by atoms with van der Waals surface area (Å²) in [7, 11) is 0. The fourth-order valence-electron chi connectivity index (χ4n) is 1.35. The molecular formula is C11H8ClF. The van der Waals surface area contributed by atoms with Crippen LogP contribution in [-0.2, 0) is 5.88 Å². The lowest BCUT2D eigenvalue weighted by Crippen LogP contribution is -1.80. The predicted octanol–water partition coefficient (Wildman–Crippen LogP) is 3.72. The lowest BCUT2D eigenvalue weighted by atomic mass is 10.1. The van der Waals surface area contributed by atoms with E-state index in [-0.39, 0.29) is 5.82 Å². The number of rotatable bonds is 1. The first kappa shape index (κ1) is 8.52.